The first-order valence-electron chi connectivity index (χ1n) is 26.4. The summed E-state index contributed by atoms with van der Waals surface area (Å²) in [6, 6.07) is 108. The molecule has 0 saturated heterocycles. The third kappa shape index (κ3) is 8.15. The Morgan fingerprint density at radius 2 is 0.692 bits per heavy atom. The van der Waals surface area contributed by atoms with Gasteiger partial charge in [0.05, 0.1) is 11.0 Å². The van der Waals surface area contributed by atoms with Gasteiger partial charge in [-0.1, -0.05) is 42.5 Å². The van der Waals surface area contributed by atoms with E-state index in [2.05, 4.69) is 251 Å². The van der Waals surface area contributed by atoms with Crippen LogP contribution >= 0.6 is 0 Å². The second kappa shape index (κ2) is 19.8. The predicted octanol–water partition coefficient (Wildman–Crippen LogP) is 16.3. The molecule has 14 aromatic rings. The van der Waals surface area contributed by atoms with Crippen LogP contribution in [-0.4, -0.2) is 22.4 Å². The number of hydrogen-bond acceptors (Lipinski definition) is 2. The number of benzene rings is 12. The van der Waals surface area contributed by atoms with Crippen LogP contribution in [0.4, 0.5) is 21.5 Å². The zero-order chi connectivity index (χ0) is 52.0. The zero-order valence-corrected chi connectivity index (χ0v) is 44.6. The third-order valence-electron chi connectivity index (χ3n) is 15.4. The number of nitrogens with zero attached hydrogens (tertiary/aromatic N) is 3. The molecule has 0 aliphatic carbocycles. The van der Waals surface area contributed by atoms with Crippen molar-refractivity contribution in [2.24, 2.45) is 0 Å². The molecule has 12 aromatic carbocycles. The van der Waals surface area contributed by atoms with Gasteiger partial charge in [-0.25, -0.2) is 4.39 Å². The van der Waals surface area contributed by atoms with Crippen molar-refractivity contribution in [3.8, 4) is 34.0 Å². The van der Waals surface area contributed by atoms with Gasteiger partial charge in [0.1, 0.15) is 17.3 Å². The minimum absolute atomic E-state index is 0.262. The first-order valence-corrected chi connectivity index (χ1v) is 30.6. The van der Waals surface area contributed by atoms with E-state index in [4.69, 9.17) is 4.74 Å². The molecule has 0 radical (unpaired) electrons. The summed E-state index contributed by atoms with van der Waals surface area (Å²) in [5.41, 5.74) is 11.6. The average Bonchev–Trinajstić information content (AvgIpc) is 4.13. The van der Waals surface area contributed by atoms with Crippen LogP contribution in [0.1, 0.15) is 0 Å². The van der Waals surface area contributed by atoms with Crippen molar-refractivity contribution in [3.05, 3.63) is 309 Å². The zero-order valence-electron chi connectivity index (χ0n) is 42.5. The molecule has 6 heteroatoms. The Morgan fingerprint density at radius 1 is 0.295 bits per heavy atom. The number of ether oxygens (including phenoxy) is 1. The van der Waals surface area contributed by atoms with Crippen LogP contribution < -0.4 is 27.2 Å². The number of hydrogen-bond donors (Lipinski definition) is 0. The summed E-state index contributed by atoms with van der Waals surface area (Å²) in [6.45, 7) is 0. The summed E-state index contributed by atoms with van der Waals surface area (Å²) in [5, 5.41) is 4.50. The minimum Gasteiger partial charge on any atom is -0.0359 e. The average molecular weight is 1060 g/mol. The van der Waals surface area contributed by atoms with Gasteiger partial charge in [-0.15, -0.1) is 0 Å². The van der Waals surface area contributed by atoms with Gasteiger partial charge >= 0.3 is 272 Å². The second-order valence-electron chi connectivity index (χ2n) is 19.8. The van der Waals surface area contributed by atoms with Gasteiger partial charge in [-0.3, -0.25) is 0 Å². The maximum absolute atomic E-state index is 14.3. The fraction of sp³-hybridized carbons (Fsp3) is 0. The Bertz CT molecular complexity index is 4340. The van der Waals surface area contributed by atoms with Gasteiger partial charge in [0.15, 0.2) is 0 Å². The van der Waals surface area contributed by atoms with E-state index in [9.17, 15) is 4.39 Å². The number of para-hydroxylation sites is 3. The van der Waals surface area contributed by atoms with Crippen LogP contribution in [0, 0.1) is 5.82 Å². The normalized spacial score (nSPS) is 11.7. The SMILES string of the molecule is Fc1ccc(-n2c3ccccc3c3cc(N(c4ccc(Oc5ccccc5)cc4)c4ccc5c(c4)c4cc(-c6cc[c]([Ge]([c]7ccccc7)([c]7ccccc7)[c]7ccccc7)cc6)ccc4n5-c4ccccc4)ccc32)cc1. The van der Waals surface area contributed by atoms with Crippen LogP contribution in [-0.2, 0) is 0 Å². The summed E-state index contributed by atoms with van der Waals surface area (Å²) in [6.07, 6.45) is 0. The molecular formula is C72H50FGeN3O. The van der Waals surface area contributed by atoms with Crippen LogP contribution in [0.5, 0.6) is 11.5 Å². The fourth-order valence-electron chi connectivity index (χ4n) is 11.9. The molecule has 0 unspecified atom stereocenters. The van der Waals surface area contributed by atoms with Crippen molar-refractivity contribution < 1.29 is 9.13 Å². The van der Waals surface area contributed by atoms with E-state index in [1.807, 2.05) is 54.6 Å². The quantitative estimate of drug-likeness (QED) is 0.114. The van der Waals surface area contributed by atoms with Crippen molar-refractivity contribution in [1.82, 2.24) is 9.13 Å². The standard InChI is InChI=1S/C72H50FGeN3O/c73-53-33-37-60(38-34-53)77-69-29-17-16-28-65(69)67-49-61(41-46-71(67)77)75(59-39-43-64(44-40-59)78-63-26-14-5-15-27-63)62-42-47-72-68(50-62)66-48-52(32-45-70(66)76(72)58-24-12-4-13-25-58)51-30-35-57(36-31-51)74(54-18-6-1-7-19-54,55-20-8-2-9-21-55)56-22-10-3-11-23-56/h1-50H. The van der Waals surface area contributed by atoms with Gasteiger partial charge in [0, 0.05) is 16.5 Å². The van der Waals surface area contributed by atoms with Gasteiger partial charge in [-0.2, -0.15) is 0 Å². The molecule has 0 spiro atoms. The van der Waals surface area contributed by atoms with Crippen LogP contribution in [0.3, 0.4) is 0 Å². The number of aromatic nitrogens is 2. The maximum Gasteiger partial charge on any atom is 0.0542 e. The van der Waals surface area contributed by atoms with E-state index in [0.29, 0.717) is 0 Å². The largest absolute Gasteiger partial charge is 0.0542 e. The van der Waals surface area contributed by atoms with Crippen LogP contribution in [0.15, 0.2) is 303 Å². The van der Waals surface area contributed by atoms with E-state index >= 15 is 0 Å². The second-order valence-corrected chi connectivity index (χ2v) is 27.8. The van der Waals surface area contributed by atoms with Crippen LogP contribution in [0.25, 0.3) is 66.1 Å². The number of fused-ring (bicyclic) bond motifs is 6. The third-order valence-corrected chi connectivity index (χ3v) is 25.4. The molecule has 4 nitrogen and oxygen atoms in total. The Labute approximate surface area is 455 Å². The summed E-state index contributed by atoms with van der Waals surface area (Å²) >= 11 is -3.46. The molecular weight excluding hydrogens is 1010 g/mol. The van der Waals surface area contributed by atoms with Crippen molar-refractivity contribution in [3.63, 3.8) is 0 Å². The van der Waals surface area contributed by atoms with Crippen LogP contribution in [0.2, 0.25) is 0 Å². The molecule has 78 heavy (non-hydrogen) atoms. The molecule has 0 fully saturated rings. The molecule has 0 saturated carbocycles. The van der Waals surface area contributed by atoms with Crippen molar-refractivity contribution >= 4 is 91.5 Å². The van der Waals surface area contributed by atoms with E-state index in [-0.39, 0.29) is 5.82 Å². The van der Waals surface area contributed by atoms with E-state index < -0.39 is 13.3 Å². The summed E-state index contributed by atoms with van der Waals surface area (Å²) in [4.78, 5) is 2.34. The molecule has 0 N–H and O–H groups in total. The van der Waals surface area contributed by atoms with Crippen molar-refractivity contribution in [2.45, 2.75) is 0 Å². The van der Waals surface area contributed by atoms with Gasteiger partial charge in [0.25, 0.3) is 0 Å². The molecule has 2 aromatic heterocycles. The number of anilines is 3. The van der Waals surface area contributed by atoms with Gasteiger partial charge < -0.3 is 9.30 Å². The summed E-state index contributed by atoms with van der Waals surface area (Å²) < 4.78 is 30.8. The van der Waals surface area contributed by atoms with E-state index in [1.54, 1.807) is 0 Å². The van der Waals surface area contributed by atoms with Crippen molar-refractivity contribution in [2.75, 3.05) is 4.90 Å². The Hall–Kier alpha value is -9.69. The number of rotatable bonds is 12. The molecule has 14 rings (SSSR count). The molecule has 0 amide bonds. The maximum atomic E-state index is 14.3. The topological polar surface area (TPSA) is 22.3 Å². The number of halogens is 1. The monoisotopic (exact) mass is 1070 g/mol. The summed E-state index contributed by atoms with van der Waals surface area (Å²) in [5.74, 6) is 1.27. The summed E-state index contributed by atoms with van der Waals surface area (Å²) in [7, 11) is 0. The van der Waals surface area contributed by atoms with E-state index in [1.165, 1.54) is 29.7 Å². The van der Waals surface area contributed by atoms with Crippen molar-refractivity contribution in [1.29, 1.82) is 0 Å². The molecule has 0 bridgehead atoms. The molecule has 0 aliphatic heterocycles. The first kappa shape index (κ1) is 46.8. The smallest absolute Gasteiger partial charge is 0.0359 e. The predicted molar refractivity (Wildman–Crippen MR) is 325 cm³/mol. The molecule has 2 heterocycles. The fourth-order valence-corrected chi connectivity index (χ4v) is 21.8. The minimum atomic E-state index is -3.46. The van der Waals surface area contributed by atoms with Gasteiger partial charge in [0.2, 0.25) is 0 Å². The van der Waals surface area contributed by atoms with Gasteiger partial charge in [-0.05, 0) is 84.9 Å². The molecule has 370 valence electrons. The molecule has 0 atom stereocenters. The molecule has 0 aliphatic rings. The Balaban J connectivity index is 0.937. The van der Waals surface area contributed by atoms with E-state index in [0.717, 1.165) is 94.7 Å². The Morgan fingerprint density at radius 3 is 1.26 bits per heavy atom. The Kier molecular flexibility index (Phi) is 11.9. The first-order chi connectivity index (χ1) is 38.6.